The average molecular weight is 430 g/mol. The van der Waals surface area contributed by atoms with Crippen molar-refractivity contribution in [2.75, 3.05) is 7.11 Å². The fourth-order valence-electron chi connectivity index (χ4n) is 5.08. The average Bonchev–Trinajstić information content (AvgIpc) is 2.89. The van der Waals surface area contributed by atoms with E-state index in [1.165, 1.54) is 38.2 Å². The van der Waals surface area contributed by atoms with Gasteiger partial charge in [0, 0.05) is 5.56 Å². The summed E-state index contributed by atoms with van der Waals surface area (Å²) >= 11 is 0. The molecule has 3 aliphatic rings. The van der Waals surface area contributed by atoms with Crippen LogP contribution in [0.2, 0.25) is 0 Å². The van der Waals surface area contributed by atoms with Gasteiger partial charge in [-0.25, -0.2) is 0 Å². The summed E-state index contributed by atoms with van der Waals surface area (Å²) in [6.07, 6.45) is 5.02. The Hall–Kier alpha value is -3.41. The van der Waals surface area contributed by atoms with Gasteiger partial charge < -0.3 is 4.74 Å². The number of methoxy groups -OCH3 is 1. The van der Waals surface area contributed by atoms with Gasteiger partial charge in [0.25, 0.3) is 0 Å². The molecule has 3 heterocycles. The lowest BCUT2D eigenvalue weighted by molar-refractivity contribution is 0.413. The van der Waals surface area contributed by atoms with Crippen LogP contribution >= 0.6 is 7.92 Å². The Labute approximate surface area is 190 Å². The molecule has 0 N–H and O–H groups in total. The molecular weight excluding hydrogens is 407 g/mol. The van der Waals surface area contributed by atoms with Gasteiger partial charge in [0.05, 0.1) is 12.5 Å². The van der Waals surface area contributed by atoms with E-state index in [0.29, 0.717) is 0 Å². The molecule has 2 atom stereocenters. The minimum Gasteiger partial charge on any atom is -0.496 e. The molecule has 0 aliphatic carbocycles. The fraction of sp³-hybridized carbons (Fsp3) is 0.0667. The van der Waals surface area contributed by atoms with Crippen LogP contribution in [0.1, 0.15) is 22.3 Å². The van der Waals surface area contributed by atoms with Gasteiger partial charge in [-0.2, -0.15) is 0 Å². The highest BCUT2D eigenvalue weighted by Crippen LogP contribution is 2.70. The standard InChI is InChI=1S/C30H23OP/c1-31-26-18-10-8-16-24(26)29-21-30(23-14-6-3-7-15-23)20-28(22-12-4-2-5-13-22)32(29)27-19-11-9-17-25(27)30/h2-21H,1H3/t30-,32?/m0/s1. The molecule has 3 aliphatic heterocycles. The van der Waals surface area contributed by atoms with Crippen molar-refractivity contribution in [2.24, 2.45) is 0 Å². The van der Waals surface area contributed by atoms with E-state index in [-0.39, 0.29) is 5.41 Å². The summed E-state index contributed by atoms with van der Waals surface area (Å²) in [5, 5.41) is 4.24. The molecule has 0 fully saturated rings. The van der Waals surface area contributed by atoms with E-state index in [2.05, 4.69) is 115 Å². The Morgan fingerprint density at radius 3 is 2.03 bits per heavy atom. The topological polar surface area (TPSA) is 9.23 Å². The molecule has 1 nitrogen and oxygen atoms in total. The first kappa shape index (κ1) is 19.3. The number of benzene rings is 4. The Morgan fingerprint density at radius 1 is 0.625 bits per heavy atom. The van der Waals surface area contributed by atoms with Crippen LogP contribution in [0.25, 0.3) is 10.6 Å². The maximum absolute atomic E-state index is 5.82. The van der Waals surface area contributed by atoms with Crippen LogP contribution in [0, 0.1) is 0 Å². The highest BCUT2D eigenvalue weighted by molar-refractivity contribution is 7.84. The zero-order chi connectivity index (χ0) is 21.5. The quantitative estimate of drug-likeness (QED) is 0.311. The van der Waals surface area contributed by atoms with Crippen LogP contribution in [0.3, 0.4) is 0 Å². The molecule has 0 spiro atoms. The molecule has 0 amide bonds. The van der Waals surface area contributed by atoms with E-state index < -0.39 is 7.92 Å². The smallest absolute Gasteiger partial charge is 0.126 e. The molecule has 2 heteroatoms. The molecule has 7 rings (SSSR count). The van der Waals surface area contributed by atoms with Gasteiger partial charge >= 0.3 is 0 Å². The van der Waals surface area contributed by atoms with Crippen LogP contribution in [0.4, 0.5) is 0 Å². The lowest BCUT2D eigenvalue weighted by Gasteiger charge is -2.46. The molecule has 0 saturated carbocycles. The summed E-state index contributed by atoms with van der Waals surface area (Å²) in [5.41, 5.74) is 4.88. The monoisotopic (exact) mass is 430 g/mol. The zero-order valence-electron chi connectivity index (χ0n) is 17.9. The van der Waals surface area contributed by atoms with E-state index in [9.17, 15) is 0 Å². The summed E-state index contributed by atoms with van der Waals surface area (Å²) in [6.45, 7) is 0. The Morgan fingerprint density at radius 2 is 1.25 bits per heavy atom. The minimum absolute atomic E-state index is 0.309. The summed E-state index contributed by atoms with van der Waals surface area (Å²) < 4.78 is 5.82. The Balaban J connectivity index is 1.71. The molecule has 0 radical (unpaired) electrons. The molecule has 4 aromatic rings. The van der Waals surface area contributed by atoms with Crippen LogP contribution in [-0.2, 0) is 5.41 Å². The highest BCUT2D eigenvalue weighted by Gasteiger charge is 2.46. The predicted octanol–water partition coefficient (Wildman–Crippen LogP) is 7.20. The van der Waals surface area contributed by atoms with Gasteiger partial charge in [0.2, 0.25) is 0 Å². The van der Waals surface area contributed by atoms with Crippen molar-refractivity contribution in [3.8, 4) is 5.75 Å². The van der Waals surface area contributed by atoms with Crippen molar-refractivity contribution in [1.82, 2.24) is 0 Å². The summed E-state index contributed by atoms with van der Waals surface area (Å²) in [4.78, 5) is 0. The van der Waals surface area contributed by atoms with Crippen LogP contribution < -0.4 is 10.0 Å². The Bertz CT molecular complexity index is 1350. The second-order valence-corrected chi connectivity index (χ2v) is 10.3. The van der Waals surface area contributed by atoms with E-state index in [1.807, 2.05) is 6.07 Å². The van der Waals surface area contributed by atoms with Crippen LogP contribution in [-0.4, -0.2) is 7.11 Å². The van der Waals surface area contributed by atoms with Gasteiger partial charge in [0.15, 0.2) is 0 Å². The second-order valence-electron chi connectivity index (χ2n) is 8.21. The van der Waals surface area contributed by atoms with Gasteiger partial charge in [-0.05, 0) is 46.6 Å². The minimum atomic E-state index is -0.701. The third-order valence-electron chi connectivity index (χ3n) is 6.51. The van der Waals surface area contributed by atoms with Crippen LogP contribution in [0.5, 0.6) is 5.75 Å². The van der Waals surface area contributed by atoms with Gasteiger partial charge in [-0.1, -0.05) is 115 Å². The van der Waals surface area contributed by atoms with Crippen molar-refractivity contribution < 1.29 is 4.74 Å². The second kappa shape index (κ2) is 7.62. The number of hydrogen-bond acceptors (Lipinski definition) is 1. The van der Waals surface area contributed by atoms with Crippen LogP contribution in [0.15, 0.2) is 121 Å². The third-order valence-corrected chi connectivity index (χ3v) is 9.10. The van der Waals surface area contributed by atoms with Gasteiger partial charge in [-0.15, -0.1) is 0 Å². The first-order valence-electron chi connectivity index (χ1n) is 10.9. The molecule has 1 unspecified atom stereocenters. The molecule has 2 bridgehead atoms. The first-order chi connectivity index (χ1) is 15.8. The molecule has 32 heavy (non-hydrogen) atoms. The first-order valence-corrected chi connectivity index (χ1v) is 12.3. The Kier molecular flexibility index (Phi) is 4.59. The van der Waals surface area contributed by atoms with E-state index in [0.717, 1.165) is 5.75 Å². The normalized spacial score (nSPS) is 20.8. The largest absolute Gasteiger partial charge is 0.496 e. The van der Waals surface area contributed by atoms with Crippen molar-refractivity contribution in [1.29, 1.82) is 0 Å². The number of ether oxygens (including phenoxy) is 1. The van der Waals surface area contributed by atoms with E-state index in [4.69, 9.17) is 4.74 Å². The summed E-state index contributed by atoms with van der Waals surface area (Å²) in [6, 6.07) is 39.2. The predicted molar refractivity (Wildman–Crippen MR) is 136 cm³/mol. The molecule has 0 saturated heterocycles. The van der Waals surface area contributed by atoms with E-state index in [1.54, 1.807) is 7.11 Å². The fourth-order valence-corrected chi connectivity index (χ4v) is 8.09. The maximum atomic E-state index is 5.82. The highest BCUT2D eigenvalue weighted by atomic mass is 31.1. The maximum Gasteiger partial charge on any atom is 0.126 e. The van der Waals surface area contributed by atoms with Crippen molar-refractivity contribution in [3.05, 3.63) is 144 Å². The molecule has 4 aromatic carbocycles. The molecule has 154 valence electrons. The lowest BCUT2D eigenvalue weighted by atomic mass is 9.72. The third kappa shape index (κ3) is 2.82. The van der Waals surface area contributed by atoms with Crippen molar-refractivity contribution in [2.45, 2.75) is 5.41 Å². The molecular formula is C30H23OP. The number of hydrogen-bond donors (Lipinski definition) is 0. The summed E-state index contributed by atoms with van der Waals surface area (Å²) in [5.74, 6) is 0.932. The van der Waals surface area contributed by atoms with Gasteiger partial charge in [-0.3, -0.25) is 0 Å². The SMILES string of the molecule is COc1ccccc1C1=C[C@]2(c3ccccc3)C=C(c3ccccc3)P1c1ccccc12. The van der Waals surface area contributed by atoms with E-state index >= 15 is 0 Å². The lowest BCUT2D eigenvalue weighted by Crippen LogP contribution is -2.36. The van der Waals surface area contributed by atoms with Crippen molar-refractivity contribution in [3.63, 3.8) is 0 Å². The van der Waals surface area contributed by atoms with Gasteiger partial charge in [0.1, 0.15) is 5.75 Å². The number of para-hydroxylation sites is 1. The zero-order valence-corrected chi connectivity index (χ0v) is 18.8. The van der Waals surface area contributed by atoms with Crippen molar-refractivity contribution >= 4 is 23.9 Å². The molecule has 0 aromatic heterocycles. The number of rotatable bonds is 4. The summed E-state index contributed by atoms with van der Waals surface area (Å²) in [7, 11) is 1.07. The number of allylic oxidation sites excluding steroid dienone is 2.